The van der Waals surface area contributed by atoms with E-state index in [-0.39, 0.29) is 12.4 Å². The SMILES string of the molecule is CNC(C)(O)O.Cl. The first-order chi connectivity index (χ1) is 2.56. The summed E-state index contributed by atoms with van der Waals surface area (Å²) in [7, 11) is 1.46. The van der Waals surface area contributed by atoms with Gasteiger partial charge in [-0.1, -0.05) is 0 Å². The molecule has 0 radical (unpaired) electrons. The fourth-order valence-corrected chi connectivity index (χ4v) is 0. The molecule has 0 saturated heterocycles. The molecule has 0 aromatic rings. The molecule has 0 aromatic carbocycles. The Morgan fingerprint density at radius 3 is 1.57 bits per heavy atom. The lowest BCUT2D eigenvalue weighted by molar-refractivity contribution is -0.164. The number of aliphatic hydroxyl groups is 2. The smallest absolute Gasteiger partial charge is 0.219 e. The van der Waals surface area contributed by atoms with Gasteiger partial charge in [-0.3, -0.25) is 5.32 Å². The molecule has 0 aliphatic heterocycles. The van der Waals surface area contributed by atoms with Crippen LogP contribution in [0.1, 0.15) is 6.92 Å². The summed E-state index contributed by atoms with van der Waals surface area (Å²) in [6.45, 7) is 1.24. The predicted octanol–water partition coefficient (Wildman–Crippen LogP) is -0.714. The van der Waals surface area contributed by atoms with Crippen molar-refractivity contribution < 1.29 is 10.2 Å². The Bertz CT molecular complexity index is 42.7. The molecule has 0 atom stereocenters. The largest absolute Gasteiger partial charge is 0.354 e. The molecule has 0 amide bonds. The Morgan fingerprint density at radius 2 is 1.57 bits per heavy atom. The summed E-state index contributed by atoms with van der Waals surface area (Å²) >= 11 is 0. The molecule has 0 spiro atoms. The maximum absolute atomic E-state index is 8.27. The van der Waals surface area contributed by atoms with E-state index < -0.39 is 5.91 Å². The van der Waals surface area contributed by atoms with Gasteiger partial charge < -0.3 is 10.2 Å². The Balaban J connectivity index is 0. The van der Waals surface area contributed by atoms with Crippen LogP contribution in [0.2, 0.25) is 0 Å². The van der Waals surface area contributed by atoms with Crippen LogP contribution in [-0.2, 0) is 0 Å². The van der Waals surface area contributed by atoms with Gasteiger partial charge >= 0.3 is 0 Å². The van der Waals surface area contributed by atoms with Crippen LogP contribution in [0.15, 0.2) is 0 Å². The molecule has 0 rings (SSSR count). The van der Waals surface area contributed by atoms with Crippen molar-refractivity contribution in [2.75, 3.05) is 7.05 Å². The Kier molecular flexibility index (Phi) is 4.68. The Hall–Kier alpha value is 0.170. The minimum atomic E-state index is -1.71. The first-order valence-electron chi connectivity index (χ1n) is 1.70. The van der Waals surface area contributed by atoms with Gasteiger partial charge in [-0.2, -0.15) is 0 Å². The standard InChI is InChI=1S/C3H9NO2.ClH/c1-3(5,6)4-2;/h4-6H,1-2H3;1H. The van der Waals surface area contributed by atoms with E-state index in [1.54, 1.807) is 0 Å². The van der Waals surface area contributed by atoms with Crippen LogP contribution in [0.5, 0.6) is 0 Å². The van der Waals surface area contributed by atoms with E-state index in [1.807, 2.05) is 0 Å². The molecule has 46 valence electrons. The summed E-state index contributed by atoms with van der Waals surface area (Å²) in [5, 5.41) is 18.8. The van der Waals surface area contributed by atoms with Crippen molar-refractivity contribution in [2.45, 2.75) is 12.8 Å². The summed E-state index contributed by atoms with van der Waals surface area (Å²) in [5.74, 6) is -1.71. The predicted molar refractivity (Wildman–Crippen MR) is 29.2 cm³/mol. The summed E-state index contributed by atoms with van der Waals surface area (Å²) in [6, 6.07) is 0. The molecule has 3 N–H and O–H groups in total. The number of hydrogen-bond acceptors (Lipinski definition) is 3. The second-order valence-corrected chi connectivity index (χ2v) is 1.27. The third-order valence-electron chi connectivity index (χ3n) is 0.474. The lowest BCUT2D eigenvalue weighted by Gasteiger charge is -2.12. The fourth-order valence-electron chi connectivity index (χ4n) is 0. The summed E-state index contributed by atoms with van der Waals surface area (Å²) in [6.07, 6.45) is 0. The number of halogens is 1. The molecule has 0 aliphatic carbocycles. The van der Waals surface area contributed by atoms with Gasteiger partial charge in [0.2, 0.25) is 5.91 Å². The summed E-state index contributed by atoms with van der Waals surface area (Å²) in [5.41, 5.74) is 0. The summed E-state index contributed by atoms with van der Waals surface area (Å²) < 4.78 is 0. The highest BCUT2D eigenvalue weighted by molar-refractivity contribution is 5.85. The molecule has 0 aromatic heterocycles. The minimum Gasteiger partial charge on any atom is -0.354 e. The Labute approximate surface area is 48.8 Å². The average Bonchev–Trinajstić information content (AvgIpc) is 1.35. The third-order valence-corrected chi connectivity index (χ3v) is 0.474. The van der Waals surface area contributed by atoms with Crippen LogP contribution < -0.4 is 5.32 Å². The second kappa shape index (κ2) is 3.21. The van der Waals surface area contributed by atoms with Crippen LogP contribution in [0, 0.1) is 0 Å². The number of rotatable bonds is 1. The summed E-state index contributed by atoms with van der Waals surface area (Å²) in [4.78, 5) is 0. The molecule has 0 saturated carbocycles. The molecule has 0 bridgehead atoms. The maximum Gasteiger partial charge on any atom is 0.219 e. The molecule has 4 heteroatoms. The molecular formula is C3H10ClNO2. The van der Waals surface area contributed by atoms with Crippen molar-refractivity contribution in [1.29, 1.82) is 0 Å². The molecule has 0 aliphatic rings. The van der Waals surface area contributed by atoms with Crippen LogP contribution in [0.25, 0.3) is 0 Å². The van der Waals surface area contributed by atoms with Gasteiger partial charge in [0.1, 0.15) is 0 Å². The van der Waals surface area contributed by atoms with E-state index in [9.17, 15) is 0 Å². The third kappa shape index (κ3) is 10.7. The zero-order valence-electron chi connectivity index (χ0n) is 4.30. The van der Waals surface area contributed by atoms with Crippen LogP contribution in [0.4, 0.5) is 0 Å². The van der Waals surface area contributed by atoms with E-state index in [0.717, 1.165) is 0 Å². The first-order valence-corrected chi connectivity index (χ1v) is 1.70. The van der Waals surface area contributed by atoms with E-state index in [2.05, 4.69) is 5.32 Å². The van der Waals surface area contributed by atoms with E-state index in [0.29, 0.717) is 0 Å². The highest BCUT2D eigenvalue weighted by Crippen LogP contribution is 1.83. The van der Waals surface area contributed by atoms with Crippen molar-refractivity contribution in [3.05, 3.63) is 0 Å². The molecule has 3 nitrogen and oxygen atoms in total. The molecule has 0 heterocycles. The highest BCUT2D eigenvalue weighted by atomic mass is 35.5. The monoisotopic (exact) mass is 127 g/mol. The molecule has 0 unspecified atom stereocenters. The van der Waals surface area contributed by atoms with Crippen molar-refractivity contribution in [2.24, 2.45) is 0 Å². The van der Waals surface area contributed by atoms with Gasteiger partial charge in [0.25, 0.3) is 0 Å². The number of nitrogens with one attached hydrogen (secondary N) is 1. The average molecular weight is 128 g/mol. The molecular weight excluding hydrogens is 117 g/mol. The first kappa shape index (κ1) is 10.2. The van der Waals surface area contributed by atoms with Crippen molar-refractivity contribution in [3.63, 3.8) is 0 Å². The van der Waals surface area contributed by atoms with Gasteiger partial charge in [-0.05, 0) is 7.05 Å². The maximum atomic E-state index is 8.27. The number of hydrogen-bond donors (Lipinski definition) is 3. The van der Waals surface area contributed by atoms with Crippen molar-refractivity contribution >= 4 is 12.4 Å². The van der Waals surface area contributed by atoms with Gasteiger partial charge in [0.15, 0.2) is 0 Å². The fraction of sp³-hybridized carbons (Fsp3) is 1.00. The van der Waals surface area contributed by atoms with Crippen LogP contribution >= 0.6 is 12.4 Å². The van der Waals surface area contributed by atoms with E-state index in [4.69, 9.17) is 10.2 Å². The molecule has 0 fully saturated rings. The quantitative estimate of drug-likeness (QED) is 0.408. The minimum absolute atomic E-state index is 0. The van der Waals surface area contributed by atoms with E-state index in [1.165, 1.54) is 14.0 Å². The molecule has 7 heavy (non-hydrogen) atoms. The van der Waals surface area contributed by atoms with Crippen molar-refractivity contribution in [1.82, 2.24) is 5.32 Å². The van der Waals surface area contributed by atoms with Gasteiger partial charge in [-0.25, -0.2) is 0 Å². The Morgan fingerprint density at radius 1 is 1.43 bits per heavy atom. The normalized spacial score (nSPS) is 10.3. The zero-order chi connectivity index (χ0) is 5.21. The lowest BCUT2D eigenvalue weighted by atomic mass is 10.6. The second-order valence-electron chi connectivity index (χ2n) is 1.27. The van der Waals surface area contributed by atoms with E-state index >= 15 is 0 Å². The van der Waals surface area contributed by atoms with Gasteiger partial charge in [0, 0.05) is 6.92 Å². The van der Waals surface area contributed by atoms with Crippen molar-refractivity contribution in [3.8, 4) is 0 Å². The van der Waals surface area contributed by atoms with Crippen LogP contribution in [0.3, 0.4) is 0 Å². The van der Waals surface area contributed by atoms with Gasteiger partial charge in [-0.15, -0.1) is 12.4 Å². The van der Waals surface area contributed by atoms with Crippen LogP contribution in [-0.4, -0.2) is 23.2 Å². The lowest BCUT2D eigenvalue weighted by Crippen LogP contribution is -2.38. The van der Waals surface area contributed by atoms with Gasteiger partial charge in [0.05, 0.1) is 0 Å². The highest BCUT2D eigenvalue weighted by Gasteiger charge is 2.07. The zero-order valence-corrected chi connectivity index (χ0v) is 5.12. The topological polar surface area (TPSA) is 52.5 Å².